The second kappa shape index (κ2) is 5.45. The SMILES string of the molecule is Cc1cc(Br)ccc1-c1nc(C(C)(C)C)c(Br)c(=O)[nH]1. The molecule has 0 aliphatic rings. The van der Waals surface area contributed by atoms with Crippen molar-refractivity contribution < 1.29 is 0 Å². The third-order valence-corrected chi connectivity index (χ3v) is 4.25. The molecule has 1 N–H and O–H groups in total. The Bertz CT molecular complexity index is 715. The summed E-state index contributed by atoms with van der Waals surface area (Å²) in [5.41, 5.74) is 2.40. The number of nitrogens with zero attached hydrogens (tertiary/aromatic N) is 1. The molecule has 0 aliphatic carbocycles. The molecule has 20 heavy (non-hydrogen) atoms. The normalized spacial score (nSPS) is 11.7. The van der Waals surface area contributed by atoms with E-state index < -0.39 is 0 Å². The fourth-order valence-electron chi connectivity index (χ4n) is 1.98. The predicted octanol–water partition coefficient (Wildman–Crippen LogP) is 4.57. The molecular formula is C15H16Br2N2O. The van der Waals surface area contributed by atoms with E-state index in [9.17, 15) is 4.79 Å². The van der Waals surface area contributed by atoms with Crippen molar-refractivity contribution in [3.8, 4) is 11.4 Å². The number of aromatic amines is 1. The third kappa shape index (κ3) is 3.04. The van der Waals surface area contributed by atoms with Gasteiger partial charge in [0.1, 0.15) is 10.3 Å². The van der Waals surface area contributed by atoms with Crippen molar-refractivity contribution in [2.75, 3.05) is 0 Å². The van der Waals surface area contributed by atoms with E-state index in [-0.39, 0.29) is 11.0 Å². The number of nitrogens with one attached hydrogen (secondary N) is 1. The Labute approximate surface area is 135 Å². The van der Waals surface area contributed by atoms with Crippen LogP contribution in [-0.2, 0) is 5.41 Å². The smallest absolute Gasteiger partial charge is 0.265 e. The second-order valence-electron chi connectivity index (χ2n) is 5.79. The van der Waals surface area contributed by atoms with Gasteiger partial charge in [-0.1, -0.05) is 36.7 Å². The lowest BCUT2D eigenvalue weighted by Crippen LogP contribution is -2.22. The number of hydrogen-bond donors (Lipinski definition) is 1. The highest BCUT2D eigenvalue weighted by molar-refractivity contribution is 9.10. The lowest BCUT2D eigenvalue weighted by Gasteiger charge is -2.20. The molecule has 0 saturated heterocycles. The van der Waals surface area contributed by atoms with Gasteiger partial charge in [-0.25, -0.2) is 4.98 Å². The highest BCUT2D eigenvalue weighted by Gasteiger charge is 2.22. The van der Waals surface area contributed by atoms with Gasteiger partial charge < -0.3 is 4.98 Å². The molecule has 0 saturated carbocycles. The monoisotopic (exact) mass is 398 g/mol. The standard InChI is InChI=1S/C15H16Br2N2O/c1-8-7-9(16)5-6-10(8)13-18-12(15(2,3)4)11(17)14(20)19-13/h5-7H,1-4H3,(H,18,19,20). The maximum atomic E-state index is 12.1. The van der Waals surface area contributed by atoms with E-state index in [0.717, 1.165) is 21.3 Å². The van der Waals surface area contributed by atoms with Gasteiger partial charge in [0.2, 0.25) is 0 Å². The van der Waals surface area contributed by atoms with Crippen LogP contribution < -0.4 is 5.56 Å². The van der Waals surface area contributed by atoms with Crippen LogP contribution >= 0.6 is 31.9 Å². The largest absolute Gasteiger partial charge is 0.306 e. The summed E-state index contributed by atoms with van der Waals surface area (Å²) < 4.78 is 1.51. The number of rotatable bonds is 1. The van der Waals surface area contributed by atoms with E-state index in [1.165, 1.54) is 0 Å². The fourth-order valence-corrected chi connectivity index (χ4v) is 3.23. The van der Waals surface area contributed by atoms with Gasteiger partial charge in [0.15, 0.2) is 0 Å². The van der Waals surface area contributed by atoms with E-state index >= 15 is 0 Å². The first-order chi connectivity index (χ1) is 9.20. The van der Waals surface area contributed by atoms with Crippen molar-refractivity contribution in [3.63, 3.8) is 0 Å². The highest BCUT2D eigenvalue weighted by atomic mass is 79.9. The Morgan fingerprint density at radius 1 is 1.20 bits per heavy atom. The summed E-state index contributed by atoms with van der Waals surface area (Å²) >= 11 is 6.78. The van der Waals surface area contributed by atoms with Crippen molar-refractivity contribution in [2.24, 2.45) is 0 Å². The Morgan fingerprint density at radius 2 is 1.85 bits per heavy atom. The van der Waals surface area contributed by atoms with Crippen molar-refractivity contribution >= 4 is 31.9 Å². The highest BCUT2D eigenvalue weighted by Crippen LogP contribution is 2.29. The van der Waals surface area contributed by atoms with E-state index in [1.54, 1.807) is 0 Å². The van der Waals surface area contributed by atoms with Crippen LogP contribution in [0, 0.1) is 6.92 Å². The number of H-pyrrole nitrogens is 1. The maximum Gasteiger partial charge on any atom is 0.265 e. The van der Waals surface area contributed by atoms with E-state index in [1.807, 2.05) is 45.9 Å². The maximum absolute atomic E-state index is 12.1. The predicted molar refractivity (Wildman–Crippen MR) is 89.1 cm³/mol. The van der Waals surface area contributed by atoms with Crippen LogP contribution in [0.1, 0.15) is 32.0 Å². The molecule has 106 valence electrons. The Morgan fingerprint density at radius 3 is 2.40 bits per heavy atom. The zero-order valence-corrected chi connectivity index (χ0v) is 15.0. The molecular weight excluding hydrogens is 384 g/mol. The van der Waals surface area contributed by atoms with Crippen molar-refractivity contribution in [1.29, 1.82) is 0 Å². The second-order valence-corrected chi connectivity index (χ2v) is 7.50. The number of hydrogen-bond acceptors (Lipinski definition) is 2. The first-order valence-electron chi connectivity index (χ1n) is 6.27. The van der Waals surface area contributed by atoms with Gasteiger partial charge in [0.25, 0.3) is 5.56 Å². The molecule has 0 fully saturated rings. The van der Waals surface area contributed by atoms with Crippen molar-refractivity contribution in [3.05, 3.63) is 48.8 Å². The van der Waals surface area contributed by atoms with Crippen LogP contribution in [0.25, 0.3) is 11.4 Å². The average molecular weight is 400 g/mol. The van der Waals surface area contributed by atoms with Gasteiger partial charge in [0.05, 0.1) is 5.69 Å². The van der Waals surface area contributed by atoms with Gasteiger partial charge in [-0.05, 0) is 46.6 Å². The first-order valence-corrected chi connectivity index (χ1v) is 7.85. The van der Waals surface area contributed by atoms with Crippen LogP contribution in [0.4, 0.5) is 0 Å². The Balaban J connectivity index is 2.70. The summed E-state index contributed by atoms with van der Waals surface area (Å²) in [5.74, 6) is 0.605. The number of halogens is 2. The molecule has 2 aromatic rings. The summed E-state index contributed by atoms with van der Waals surface area (Å²) in [7, 11) is 0. The van der Waals surface area contributed by atoms with Gasteiger partial charge in [0, 0.05) is 15.5 Å². The van der Waals surface area contributed by atoms with Gasteiger partial charge in [-0.2, -0.15) is 0 Å². The lowest BCUT2D eigenvalue weighted by atomic mass is 9.92. The van der Waals surface area contributed by atoms with E-state index in [4.69, 9.17) is 0 Å². The molecule has 0 spiro atoms. The summed E-state index contributed by atoms with van der Waals surface area (Å²) in [5, 5.41) is 0. The van der Waals surface area contributed by atoms with Gasteiger partial charge >= 0.3 is 0 Å². The molecule has 0 bridgehead atoms. The zero-order valence-electron chi connectivity index (χ0n) is 11.8. The third-order valence-electron chi connectivity index (χ3n) is 3.02. The van der Waals surface area contributed by atoms with Crippen LogP contribution in [0.2, 0.25) is 0 Å². The summed E-state index contributed by atoms with van der Waals surface area (Å²) in [6.45, 7) is 8.12. The molecule has 1 heterocycles. The van der Waals surface area contributed by atoms with Crippen molar-refractivity contribution in [1.82, 2.24) is 9.97 Å². The Kier molecular flexibility index (Phi) is 4.21. The number of aryl methyl sites for hydroxylation is 1. The topological polar surface area (TPSA) is 45.8 Å². The van der Waals surface area contributed by atoms with Crippen LogP contribution in [0.3, 0.4) is 0 Å². The van der Waals surface area contributed by atoms with Gasteiger partial charge in [-0.3, -0.25) is 4.79 Å². The molecule has 5 heteroatoms. The molecule has 1 aromatic heterocycles. The van der Waals surface area contributed by atoms with E-state index in [2.05, 4.69) is 41.8 Å². The van der Waals surface area contributed by atoms with Crippen LogP contribution in [0.15, 0.2) is 31.9 Å². The van der Waals surface area contributed by atoms with Crippen LogP contribution in [-0.4, -0.2) is 9.97 Å². The molecule has 0 radical (unpaired) electrons. The molecule has 0 aliphatic heterocycles. The first kappa shape index (κ1) is 15.4. The fraction of sp³-hybridized carbons (Fsp3) is 0.333. The number of aromatic nitrogens is 2. The molecule has 0 amide bonds. The van der Waals surface area contributed by atoms with Crippen molar-refractivity contribution in [2.45, 2.75) is 33.1 Å². The summed E-state index contributed by atoms with van der Waals surface area (Å²) in [6, 6.07) is 5.91. The molecule has 0 atom stereocenters. The summed E-state index contributed by atoms with van der Waals surface area (Å²) in [6.07, 6.45) is 0. The zero-order chi connectivity index (χ0) is 15.1. The minimum absolute atomic E-state index is 0.151. The number of benzene rings is 1. The molecule has 2 rings (SSSR count). The molecule has 3 nitrogen and oxygen atoms in total. The Hall–Kier alpha value is -0.940. The van der Waals surface area contributed by atoms with Gasteiger partial charge in [-0.15, -0.1) is 0 Å². The van der Waals surface area contributed by atoms with Crippen LogP contribution in [0.5, 0.6) is 0 Å². The molecule has 0 unspecified atom stereocenters. The average Bonchev–Trinajstić information content (AvgIpc) is 2.31. The van der Waals surface area contributed by atoms with E-state index in [0.29, 0.717) is 10.3 Å². The minimum atomic E-state index is -0.203. The quantitative estimate of drug-likeness (QED) is 0.763. The summed E-state index contributed by atoms with van der Waals surface area (Å²) in [4.78, 5) is 19.6. The molecule has 1 aromatic carbocycles. The minimum Gasteiger partial charge on any atom is -0.306 e. The lowest BCUT2D eigenvalue weighted by molar-refractivity contribution is 0.562.